The number of ether oxygens (including phenoxy) is 1. The van der Waals surface area contributed by atoms with Crippen LogP contribution in [0.1, 0.15) is 21.9 Å². The molecule has 6 nitrogen and oxygen atoms in total. The zero-order valence-electron chi connectivity index (χ0n) is 15.0. The molecule has 27 heavy (non-hydrogen) atoms. The largest absolute Gasteiger partial charge is 0.455 e. The molecule has 0 spiro atoms. The molecule has 146 valence electrons. The number of furan rings is 1. The third kappa shape index (κ3) is 6.46. The van der Waals surface area contributed by atoms with Crippen molar-refractivity contribution in [1.29, 1.82) is 0 Å². The van der Waals surface area contributed by atoms with Crippen molar-refractivity contribution in [2.45, 2.75) is 11.5 Å². The van der Waals surface area contributed by atoms with Gasteiger partial charge in [0.1, 0.15) is 5.76 Å². The molecule has 0 bridgehead atoms. The van der Waals surface area contributed by atoms with E-state index in [2.05, 4.69) is 10.2 Å². The second kappa shape index (κ2) is 10.0. The molecule has 1 fully saturated rings. The van der Waals surface area contributed by atoms with Gasteiger partial charge in [-0.25, -0.2) is 0 Å². The molecule has 1 atom stereocenters. The van der Waals surface area contributed by atoms with E-state index in [1.54, 1.807) is 24.3 Å². The van der Waals surface area contributed by atoms with Crippen molar-refractivity contribution in [3.63, 3.8) is 0 Å². The Morgan fingerprint density at radius 1 is 1.19 bits per heavy atom. The van der Waals surface area contributed by atoms with Crippen LogP contribution in [-0.4, -0.2) is 54.4 Å². The van der Waals surface area contributed by atoms with E-state index in [4.69, 9.17) is 20.8 Å². The van der Waals surface area contributed by atoms with E-state index in [0.717, 1.165) is 38.4 Å². The van der Waals surface area contributed by atoms with Crippen LogP contribution in [0.4, 0.5) is 0 Å². The summed E-state index contributed by atoms with van der Waals surface area (Å²) < 4.78 is 23.2. The average Bonchev–Trinajstić information content (AvgIpc) is 3.11. The molecule has 1 aliphatic rings. The topological polar surface area (TPSA) is 71.8 Å². The van der Waals surface area contributed by atoms with Crippen LogP contribution in [0.3, 0.4) is 0 Å². The fraction of sp³-hybridized carbons (Fsp3) is 0.421. The summed E-state index contributed by atoms with van der Waals surface area (Å²) >= 11 is 5.95. The molecule has 1 aromatic carbocycles. The lowest BCUT2D eigenvalue weighted by Crippen LogP contribution is -2.41. The van der Waals surface area contributed by atoms with Gasteiger partial charge in [-0.2, -0.15) is 0 Å². The van der Waals surface area contributed by atoms with Crippen LogP contribution >= 0.6 is 11.6 Å². The number of amides is 1. The molecule has 1 aliphatic heterocycles. The zero-order chi connectivity index (χ0) is 19.1. The molecule has 3 rings (SSSR count). The predicted molar refractivity (Wildman–Crippen MR) is 105 cm³/mol. The Bertz CT molecular complexity index is 790. The molecule has 1 N–H and O–H groups in total. The van der Waals surface area contributed by atoms with E-state index in [9.17, 15) is 9.00 Å². The summed E-state index contributed by atoms with van der Waals surface area (Å²) in [7, 11) is -1.14. The van der Waals surface area contributed by atoms with Crippen molar-refractivity contribution >= 4 is 28.3 Å². The number of hydrogen-bond acceptors (Lipinski definition) is 5. The summed E-state index contributed by atoms with van der Waals surface area (Å²) in [5, 5.41) is 3.48. The summed E-state index contributed by atoms with van der Waals surface area (Å²) in [4.78, 5) is 14.4. The van der Waals surface area contributed by atoms with Crippen LogP contribution in [0.25, 0.3) is 0 Å². The van der Waals surface area contributed by atoms with Gasteiger partial charge in [0.2, 0.25) is 0 Å². The number of morpholine rings is 1. The Kier molecular flexibility index (Phi) is 7.46. The van der Waals surface area contributed by atoms with Crippen molar-refractivity contribution in [3.05, 3.63) is 58.5 Å². The maximum absolute atomic E-state index is 12.3. The lowest BCUT2D eigenvalue weighted by atomic mass is 10.2. The molecule has 1 saturated heterocycles. The van der Waals surface area contributed by atoms with E-state index in [0.29, 0.717) is 23.1 Å². The third-order valence-corrected chi connectivity index (χ3v) is 5.72. The second-order valence-corrected chi connectivity index (χ2v) is 8.23. The maximum Gasteiger partial charge on any atom is 0.287 e. The smallest absolute Gasteiger partial charge is 0.287 e. The molecule has 1 aromatic heterocycles. The van der Waals surface area contributed by atoms with Crippen molar-refractivity contribution in [3.8, 4) is 0 Å². The molecule has 2 aromatic rings. The van der Waals surface area contributed by atoms with Gasteiger partial charge in [-0.1, -0.05) is 23.7 Å². The number of rotatable bonds is 8. The quantitative estimate of drug-likeness (QED) is 0.723. The first-order valence-corrected chi connectivity index (χ1v) is 10.7. The maximum atomic E-state index is 12.3. The monoisotopic (exact) mass is 410 g/mol. The number of carbonyl (C=O) groups is 1. The van der Waals surface area contributed by atoms with Crippen molar-refractivity contribution in [1.82, 2.24) is 10.2 Å². The summed E-state index contributed by atoms with van der Waals surface area (Å²) in [5.74, 6) is 1.17. The Morgan fingerprint density at radius 2 is 2.00 bits per heavy atom. The lowest BCUT2D eigenvalue weighted by Gasteiger charge is -2.26. The van der Waals surface area contributed by atoms with Gasteiger partial charge in [-0.3, -0.25) is 13.9 Å². The summed E-state index contributed by atoms with van der Waals surface area (Å²) in [6.45, 7) is 4.59. The summed E-state index contributed by atoms with van der Waals surface area (Å²) in [6, 6.07) is 10.6. The number of hydrogen-bond donors (Lipinski definition) is 1. The van der Waals surface area contributed by atoms with Crippen LogP contribution in [0.2, 0.25) is 5.02 Å². The van der Waals surface area contributed by atoms with Gasteiger partial charge in [0.25, 0.3) is 5.91 Å². The van der Waals surface area contributed by atoms with Gasteiger partial charge in [-0.15, -0.1) is 0 Å². The SMILES string of the molecule is O=C(NCCN1CCOCC1)c1ccc(C[S@@](=O)Cc2cccc(Cl)c2)o1. The third-order valence-electron chi connectivity index (χ3n) is 4.22. The molecule has 0 aliphatic carbocycles. The molecule has 8 heteroatoms. The van der Waals surface area contributed by atoms with Gasteiger partial charge in [-0.05, 0) is 29.8 Å². The molecular formula is C19H23ClN2O4S. The average molecular weight is 411 g/mol. The number of nitrogens with one attached hydrogen (secondary N) is 1. The number of nitrogens with zero attached hydrogens (tertiary/aromatic N) is 1. The normalized spacial score (nSPS) is 16.2. The fourth-order valence-corrected chi connectivity index (χ4v) is 4.18. The summed E-state index contributed by atoms with van der Waals surface area (Å²) in [5.41, 5.74) is 0.911. The molecule has 0 saturated carbocycles. The first-order chi connectivity index (χ1) is 13.1. The van der Waals surface area contributed by atoms with Gasteiger partial charge in [0, 0.05) is 47.8 Å². The van der Waals surface area contributed by atoms with Crippen LogP contribution in [0, 0.1) is 0 Å². The van der Waals surface area contributed by atoms with E-state index >= 15 is 0 Å². The molecule has 2 heterocycles. The number of carbonyl (C=O) groups excluding carboxylic acids is 1. The first kappa shape index (κ1) is 20.1. The van der Waals surface area contributed by atoms with Gasteiger partial charge in [0.15, 0.2) is 5.76 Å². The number of halogens is 1. The van der Waals surface area contributed by atoms with E-state index < -0.39 is 10.8 Å². The Hall–Kier alpha value is -1.67. The first-order valence-electron chi connectivity index (χ1n) is 8.86. The predicted octanol–water partition coefficient (Wildman–Crippen LogP) is 2.44. The van der Waals surface area contributed by atoms with Crippen LogP contribution in [0.15, 0.2) is 40.8 Å². The minimum Gasteiger partial charge on any atom is -0.455 e. The Labute approximate surface area is 166 Å². The van der Waals surface area contributed by atoms with E-state index in [1.165, 1.54) is 0 Å². The van der Waals surface area contributed by atoms with E-state index in [-0.39, 0.29) is 17.4 Å². The Balaban J connectivity index is 1.44. The lowest BCUT2D eigenvalue weighted by molar-refractivity contribution is 0.0382. The van der Waals surface area contributed by atoms with Crippen LogP contribution in [0.5, 0.6) is 0 Å². The van der Waals surface area contributed by atoms with Crippen LogP contribution in [-0.2, 0) is 27.0 Å². The van der Waals surface area contributed by atoms with Crippen molar-refractivity contribution in [2.24, 2.45) is 0 Å². The molecule has 0 radical (unpaired) electrons. The molecule has 1 amide bonds. The highest BCUT2D eigenvalue weighted by Gasteiger charge is 2.14. The van der Waals surface area contributed by atoms with Gasteiger partial charge in [0.05, 0.1) is 19.0 Å². The highest BCUT2D eigenvalue weighted by molar-refractivity contribution is 7.83. The minimum atomic E-state index is -1.14. The zero-order valence-corrected chi connectivity index (χ0v) is 16.6. The Morgan fingerprint density at radius 3 is 2.78 bits per heavy atom. The number of benzene rings is 1. The highest BCUT2D eigenvalue weighted by Crippen LogP contribution is 2.15. The van der Waals surface area contributed by atoms with Crippen molar-refractivity contribution < 1.29 is 18.2 Å². The molecule has 0 unspecified atom stereocenters. The standard InChI is InChI=1S/C19H23ClN2O4S/c20-16-3-1-2-15(12-16)13-27(24)14-17-4-5-18(26-17)19(23)21-6-7-22-8-10-25-11-9-22/h1-5,12H,6-11,13-14H2,(H,21,23)/t27-/m0/s1. The van der Waals surface area contributed by atoms with Gasteiger partial charge >= 0.3 is 0 Å². The fourth-order valence-electron chi connectivity index (χ4n) is 2.84. The van der Waals surface area contributed by atoms with E-state index in [1.807, 2.05) is 12.1 Å². The minimum absolute atomic E-state index is 0.242. The highest BCUT2D eigenvalue weighted by atomic mass is 35.5. The van der Waals surface area contributed by atoms with Crippen LogP contribution < -0.4 is 5.32 Å². The summed E-state index contributed by atoms with van der Waals surface area (Å²) in [6.07, 6.45) is 0. The second-order valence-electron chi connectivity index (χ2n) is 6.33. The molecular weight excluding hydrogens is 388 g/mol. The van der Waals surface area contributed by atoms with Crippen molar-refractivity contribution in [2.75, 3.05) is 39.4 Å². The van der Waals surface area contributed by atoms with Gasteiger partial charge < -0.3 is 14.5 Å².